The van der Waals surface area contributed by atoms with Crippen molar-refractivity contribution >= 4 is 29.6 Å². The van der Waals surface area contributed by atoms with Crippen molar-refractivity contribution in [2.45, 2.75) is 19.9 Å². The molecule has 1 aromatic carbocycles. The van der Waals surface area contributed by atoms with E-state index < -0.39 is 5.97 Å². The predicted molar refractivity (Wildman–Crippen MR) is 81.4 cm³/mol. The molecule has 114 valence electrons. The Morgan fingerprint density at radius 3 is 2.52 bits per heavy atom. The first-order chi connectivity index (χ1) is 9.86. The lowest BCUT2D eigenvalue weighted by molar-refractivity contribution is -0.131. The van der Waals surface area contributed by atoms with Crippen molar-refractivity contribution in [1.82, 2.24) is 4.90 Å². The fraction of sp³-hybridized carbons (Fsp3) is 0.333. The normalized spacial score (nSPS) is 11.1. The second kappa shape index (κ2) is 7.81. The van der Waals surface area contributed by atoms with E-state index in [0.717, 1.165) is 6.08 Å². The first-order valence-electron chi connectivity index (χ1n) is 6.49. The lowest BCUT2D eigenvalue weighted by Gasteiger charge is -2.26. The summed E-state index contributed by atoms with van der Waals surface area (Å²) in [4.78, 5) is 24.4. The maximum absolute atomic E-state index is 12.3. The van der Waals surface area contributed by atoms with Crippen LogP contribution >= 0.6 is 11.6 Å². The van der Waals surface area contributed by atoms with Crippen molar-refractivity contribution in [2.75, 3.05) is 13.2 Å². The minimum absolute atomic E-state index is 0.0463. The highest BCUT2D eigenvalue weighted by Gasteiger charge is 2.18. The fourth-order valence-electron chi connectivity index (χ4n) is 1.82. The van der Waals surface area contributed by atoms with Gasteiger partial charge >= 0.3 is 5.97 Å². The maximum Gasteiger partial charge on any atom is 0.328 e. The summed E-state index contributed by atoms with van der Waals surface area (Å²) in [5, 5.41) is 17.9. The van der Waals surface area contributed by atoms with Gasteiger partial charge in [-0.2, -0.15) is 0 Å². The number of carboxylic acids is 1. The van der Waals surface area contributed by atoms with Crippen LogP contribution in [0.15, 0.2) is 24.3 Å². The molecule has 1 aromatic rings. The van der Waals surface area contributed by atoms with Gasteiger partial charge in [-0.15, -0.1) is 0 Å². The summed E-state index contributed by atoms with van der Waals surface area (Å²) < 4.78 is 0. The molecule has 0 aliphatic heterocycles. The standard InChI is InChI=1S/C15H18ClNO4/c1-10(2)17(7-8-18)15(21)12-4-3-11(13(16)9-12)5-6-14(19)20/h3-6,9-10,18H,7-8H2,1-2H3,(H,19,20)/b6-5+. The van der Waals surface area contributed by atoms with E-state index in [1.165, 1.54) is 12.1 Å². The number of hydrogen-bond donors (Lipinski definition) is 2. The number of nitrogens with zero attached hydrogens (tertiary/aromatic N) is 1. The number of halogens is 1. The molecule has 5 nitrogen and oxygen atoms in total. The minimum atomic E-state index is -1.07. The van der Waals surface area contributed by atoms with Crippen LogP contribution in [0.2, 0.25) is 5.02 Å². The Balaban J connectivity index is 3.02. The van der Waals surface area contributed by atoms with E-state index in [1.54, 1.807) is 17.0 Å². The second-order valence-electron chi connectivity index (χ2n) is 4.72. The number of carboxylic acid groups (broad SMARTS) is 1. The Hall–Kier alpha value is -1.85. The third kappa shape index (κ3) is 4.88. The van der Waals surface area contributed by atoms with Crippen LogP contribution in [0.1, 0.15) is 29.8 Å². The molecule has 0 spiro atoms. The third-order valence-corrected chi connectivity index (χ3v) is 3.21. The molecule has 1 rings (SSSR count). The Labute approximate surface area is 128 Å². The molecule has 0 fully saturated rings. The number of carbonyl (C=O) groups excluding carboxylic acids is 1. The van der Waals surface area contributed by atoms with Crippen molar-refractivity contribution in [1.29, 1.82) is 0 Å². The molecule has 21 heavy (non-hydrogen) atoms. The van der Waals surface area contributed by atoms with Crippen molar-refractivity contribution in [3.8, 4) is 0 Å². The Bertz CT molecular complexity index is 555. The number of hydrogen-bond acceptors (Lipinski definition) is 3. The molecule has 1 amide bonds. The Morgan fingerprint density at radius 1 is 1.38 bits per heavy atom. The van der Waals surface area contributed by atoms with Gasteiger partial charge in [-0.3, -0.25) is 4.79 Å². The number of benzene rings is 1. The summed E-state index contributed by atoms with van der Waals surface area (Å²) >= 11 is 6.05. The van der Waals surface area contributed by atoms with Crippen molar-refractivity contribution < 1.29 is 19.8 Å². The number of aliphatic carboxylic acids is 1. The molecule has 0 aliphatic carbocycles. The first-order valence-corrected chi connectivity index (χ1v) is 6.87. The first kappa shape index (κ1) is 17.2. The molecule has 0 heterocycles. The summed E-state index contributed by atoms with van der Waals surface area (Å²) in [5.41, 5.74) is 0.920. The van der Waals surface area contributed by atoms with Crippen LogP contribution in [0.4, 0.5) is 0 Å². The zero-order chi connectivity index (χ0) is 16.0. The van der Waals surface area contributed by atoms with Gasteiger partial charge in [0.1, 0.15) is 0 Å². The van der Waals surface area contributed by atoms with Gasteiger partial charge in [0.25, 0.3) is 5.91 Å². The quantitative estimate of drug-likeness (QED) is 0.790. The van der Waals surface area contributed by atoms with E-state index in [9.17, 15) is 9.59 Å². The number of carbonyl (C=O) groups is 2. The lowest BCUT2D eigenvalue weighted by atomic mass is 10.1. The van der Waals surface area contributed by atoms with Gasteiger partial charge in [0, 0.05) is 29.2 Å². The summed E-state index contributed by atoms with van der Waals surface area (Å²) in [5.74, 6) is -1.30. The Kier molecular flexibility index (Phi) is 6.39. The summed E-state index contributed by atoms with van der Waals surface area (Å²) in [6, 6.07) is 4.63. The molecule has 0 atom stereocenters. The maximum atomic E-state index is 12.3. The SMILES string of the molecule is CC(C)N(CCO)C(=O)c1ccc(/C=C/C(=O)O)c(Cl)c1. The molecule has 2 N–H and O–H groups in total. The van der Waals surface area contributed by atoms with Crippen LogP contribution in [0.5, 0.6) is 0 Å². The smallest absolute Gasteiger partial charge is 0.328 e. The third-order valence-electron chi connectivity index (χ3n) is 2.88. The van der Waals surface area contributed by atoms with Crippen molar-refractivity contribution in [3.05, 3.63) is 40.4 Å². The average Bonchev–Trinajstić information content (AvgIpc) is 2.42. The molecule has 0 aliphatic rings. The van der Waals surface area contributed by atoms with Crippen molar-refractivity contribution in [2.24, 2.45) is 0 Å². The predicted octanol–water partition coefficient (Wildman–Crippen LogP) is 2.28. The summed E-state index contributed by atoms with van der Waals surface area (Å²) in [6.07, 6.45) is 2.35. The van der Waals surface area contributed by atoms with Crippen LogP contribution in [0, 0.1) is 0 Å². The van der Waals surface area contributed by atoms with Gasteiger partial charge in [0.15, 0.2) is 0 Å². The van der Waals surface area contributed by atoms with Gasteiger partial charge in [0.05, 0.1) is 6.61 Å². The second-order valence-corrected chi connectivity index (χ2v) is 5.13. The molecular formula is C15H18ClNO4. The van der Waals surface area contributed by atoms with E-state index in [2.05, 4.69) is 0 Å². The summed E-state index contributed by atoms with van der Waals surface area (Å²) in [6.45, 7) is 3.85. The highest BCUT2D eigenvalue weighted by molar-refractivity contribution is 6.32. The molecule has 0 saturated carbocycles. The van der Waals surface area contributed by atoms with Crippen LogP contribution in [-0.2, 0) is 4.79 Å². The number of aliphatic hydroxyl groups is 1. The Morgan fingerprint density at radius 2 is 2.05 bits per heavy atom. The zero-order valence-corrected chi connectivity index (χ0v) is 12.7. The molecule has 0 aromatic heterocycles. The van der Waals surface area contributed by atoms with E-state index in [-0.39, 0.29) is 25.1 Å². The number of aliphatic hydroxyl groups excluding tert-OH is 1. The van der Waals surface area contributed by atoms with E-state index in [1.807, 2.05) is 13.8 Å². The summed E-state index contributed by atoms with van der Waals surface area (Å²) in [7, 11) is 0. The molecule has 6 heteroatoms. The molecule has 0 unspecified atom stereocenters. The zero-order valence-electron chi connectivity index (χ0n) is 11.9. The highest BCUT2D eigenvalue weighted by atomic mass is 35.5. The molecule has 0 saturated heterocycles. The lowest BCUT2D eigenvalue weighted by Crippen LogP contribution is -2.39. The van der Waals surface area contributed by atoms with E-state index in [0.29, 0.717) is 16.1 Å². The van der Waals surface area contributed by atoms with Gasteiger partial charge in [-0.25, -0.2) is 4.79 Å². The van der Waals surface area contributed by atoms with Gasteiger partial charge in [-0.05, 0) is 37.6 Å². The van der Waals surface area contributed by atoms with Crippen LogP contribution in [0.25, 0.3) is 6.08 Å². The van der Waals surface area contributed by atoms with E-state index in [4.69, 9.17) is 21.8 Å². The number of rotatable bonds is 6. The fourth-order valence-corrected chi connectivity index (χ4v) is 2.07. The highest BCUT2D eigenvalue weighted by Crippen LogP contribution is 2.21. The molecule has 0 radical (unpaired) electrons. The largest absolute Gasteiger partial charge is 0.478 e. The number of amides is 1. The van der Waals surface area contributed by atoms with Crippen molar-refractivity contribution in [3.63, 3.8) is 0 Å². The van der Waals surface area contributed by atoms with Gasteiger partial charge in [0.2, 0.25) is 0 Å². The van der Waals surface area contributed by atoms with Crippen LogP contribution < -0.4 is 0 Å². The molecule has 0 bridgehead atoms. The van der Waals surface area contributed by atoms with Crippen LogP contribution in [0.3, 0.4) is 0 Å². The van der Waals surface area contributed by atoms with E-state index >= 15 is 0 Å². The topological polar surface area (TPSA) is 77.8 Å². The average molecular weight is 312 g/mol. The van der Waals surface area contributed by atoms with Crippen LogP contribution in [-0.4, -0.2) is 46.2 Å². The minimum Gasteiger partial charge on any atom is -0.478 e. The van der Waals surface area contributed by atoms with Gasteiger partial charge in [-0.1, -0.05) is 17.7 Å². The molecular weight excluding hydrogens is 294 g/mol. The monoisotopic (exact) mass is 311 g/mol. The van der Waals surface area contributed by atoms with Gasteiger partial charge < -0.3 is 15.1 Å².